The van der Waals surface area contributed by atoms with E-state index in [4.69, 9.17) is 0 Å². The van der Waals surface area contributed by atoms with Gasteiger partial charge >= 0.3 is 0 Å². The van der Waals surface area contributed by atoms with Crippen molar-refractivity contribution in [3.63, 3.8) is 0 Å². The number of thioether (sulfide) groups is 1. The van der Waals surface area contributed by atoms with Crippen molar-refractivity contribution in [1.82, 2.24) is 0 Å². The van der Waals surface area contributed by atoms with Crippen molar-refractivity contribution >= 4 is 23.1 Å². The topological polar surface area (TPSA) is 29.4 Å². The number of aliphatic imine (C=N–C) groups is 1. The van der Waals surface area contributed by atoms with E-state index in [1.165, 1.54) is 18.0 Å². The van der Waals surface area contributed by atoms with E-state index < -0.39 is 0 Å². The van der Waals surface area contributed by atoms with E-state index >= 15 is 0 Å². The maximum Gasteiger partial charge on any atom is 0.234 e. The molecule has 1 aliphatic rings. The molecule has 1 aliphatic heterocycles. The molecule has 0 radical (unpaired) electrons. The molecule has 0 fully saturated rings. The minimum Gasteiger partial charge on any atom is -0.284 e. The Hall–Kier alpha value is -1.09. The van der Waals surface area contributed by atoms with Crippen LogP contribution in [0.15, 0.2) is 34.2 Å². The van der Waals surface area contributed by atoms with E-state index in [2.05, 4.69) is 4.99 Å². The molecule has 0 unspecified atom stereocenters. The third-order valence-corrected chi connectivity index (χ3v) is 2.57. The smallest absolute Gasteiger partial charge is 0.234 e. The Kier molecular flexibility index (Phi) is 1.96. The third-order valence-electron chi connectivity index (χ3n) is 1.64. The van der Waals surface area contributed by atoms with Gasteiger partial charge in [0.15, 0.2) is 0 Å². The molecule has 0 aliphatic carbocycles. The van der Waals surface area contributed by atoms with E-state index in [9.17, 15) is 4.79 Å². The maximum atomic E-state index is 11.1. The van der Waals surface area contributed by atoms with Crippen LogP contribution in [-0.2, 0) is 11.3 Å². The Balaban J connectivity index is 2.44. The Bertz CT molecular complexity index is 346. The summed E-state index contributed by atoms with van der Waals surface area (Å²) in [6.45, 7) is 0.620. The summed E-state index contributed by atoms with van der Waals surface area (Å²) in [5, 5.41) is 0.0138. The first kappa shape index (κ1) is 7.55. The van der Waals surface area contributed by atoms with Gasteiger partial charge in [-0.2, -0.15) is 0 Å². The van der Waals surface area contributed by atoms with Gasteiger partial charge < -0.3 is 0 Å². The molecule has 1 aromatic rings. The van der Waals surface area contributed by atoms with E-state index in [-0.39, 0.29) is 5.12 Å². The minimum absolute atomic E-state index is 0.0138. The molecule has 1 aromatic carbocycles. The van der Waals surface area contributed by atoms with Crippen molar-refractivity contribution in [2.45, 2.75) is 11.4 Å². The quantitative estimate of drug-likeness (QED) is 0.605. The van der Waals surface area contributed by atoms with Crippen LogP contribution in [0.1, 0.15) is 5.56 Å². The van der Waals surface area contributed by atoms with E-state index in [0.29, 0.717) is 6.54 Å². The molecule has 2 rings (SSSR count). The minimum atomic E-state index is 0.0138. The lowest BCUT2D eigenvalue weighted by Crippen LogP contribution is -1.88. The van der Waals surface area contributed by atoms with Crippen LogP contribution in [0.4, 0.5) is 0 Å². The molecule has 0 atom stereocenters. The summed E-state index contributed by atoms with van der Waals surface area (Å²) in [4.78, 5) is 16.1. The predicted octanol–water partition coefficient (Wildman–Crippen LogP) is 1.89. The van der Waals surface area contributed by atoms with Crippen LogP contribution in [-0.4, -0.2) is 11.3 Å². The molecule has 0 saturated heterocycles. The number of carbonyl (C=O) groups excluding carboxylic acids is 1. The van der Waals surface area contributed by atoms with Crippen molar-refractivity contribution in [3.05, 3.63) is 29.8 Å². The Morgan fingerprint density at radius 1 is 1.33 bits per heavy atom. The second-order valence-corrected chi connectivity index (χ2v) is 3.54. The van der Waals surface area contributed by atoms with Gasteiger partial charge in [-0.05, 0) is 23.4 Å². The average Bonchev–Trinajstić information content (AvgIpc) is 2.25. The van der Waals surface area contributed by atoms with E-state index in [0.717, 1.165) is 10.5 Å². The van der Waals surface area contributed by atoms with Gasteiger partial charge in [0.2, 0.25) is 5.12 Å². The van der Waals surface area contributed by atoms with Crippen molar-refractivity contribution in [2.24, 2.45) is 4.99 Å². The summed E-state index contributed by atoms with van der Waals surface area (Å²) in [5.41, 5.74) is 1.13. The van der Waals surface area contributed by atoms with Crippen molar-refractivity contribution in [2.75, 3.05) is 0 Å². The van der Waals surface area contributed by atoms with Crippen molar-refractivity contribution in [3.8, 4) is 0 Å². The van der Waals surface area contributed by atoms with Gasteiger partial charge in [0, 0.05) is 4.90 Å². The second-order valence-electron chi connectivity index (χ2n) is 2.50. The normalized spacial score (nSPS) is 15.5. The highest BCUT2D eigenvalue weighted by molar-refractivity contribution is 8.15. The first-order valence-electron chi connectivity index (χ1n) is 3.66. The zero-order valence-corrected chi connectivity index (χ0v) is 7.17. The molecule has 0 amide bonds. The Labute approximate surface area is 74.7 Å². The second kappa shape index (κ2) is 3.11. The fourth-order valence-electron chi connectivity index (χ4n) is 1.09. The number of nitrogens with zero attached hydrogens (tertiary/aromatic N) is 1. The molecule has 12 heavy (non-hydrogen) atoms. The molecule has 60 valence electrons. The van der Waals surface area contributed by atoms with Crippen LogP contribution in [0.3, 0.4) is 0 Å². The van der Waals surface area contributed by atoms with Crippen LogP contribution >= 0.6 is 11.8 Å². The van der Waals surface area contributed by atoms with Crippen molar-refractivity contribution < 1.29 is 4.79 Å². The van der Waals surface area contributed by atoms with E-state index in [1.807, 2.05) is 24.3 Å². The largest absolute Gasteiger partial charge is 0.284 e. The molecule has 0 spiro atoms. The lowest BCUT2D eigenvalue weighted by atomic mass is 10.2. The third kappa shape index (κ3) is 1.41. The number of fused-ring (bicyclic) bond motifs is 1. The molecule has 3 heteroatoms. The summed E-state index contributed by atoms with van der Waals surface area (Å²) in [7, 11) is 0. The molecule has 0 N–H and O–H groups in total. The Morgan fingerprint density at radius 2 is 2.17 bits per heavy atom. The highest BCUT2D eigenvalue weighted by Crippen LogP contribution is 2.25. The van der Waals surface area contributed by atoms with Crippen LogP contribution in [0.25, 0.3) is 0 Å². The standard InChI is InChI=1S/C9H7NOS/c11-9-6-10-5-7-3-1-2-4-8(7)12-9/h1-4,6H,5H2. The zero-order valence-electron chi connectivity index (χ0n) is 6.36. The number of rotatable bonds is 0. The fraction of sp³-hybridized carbons (Fsp3) is 0.111. The molecular formula is C9H7NOS. The summed E-state index contributed by atoms with van der Waals surface area (Å²) in [6, 6.07) is 7.85. The summed E-state index contributed by atoms with van der Waals surface area (Å²) >= 11 is 1.24. The number of hydrogen-bond donors (Lipinski definition) is 0. The average molecular weight is 177 g/mol. The zero-order chi connectivity index (χ0) is 8.39. The van der Waals surface area contributed by atoms with Gasteiger partial charge in [-0.1, -0.05) is 18.2 Å². The van der Waals surface area contributed by atoms with Gasteiger partial charge in [-0.3, -0.25) is 9.79 Å². The first-order valence-corrected chi connectivity index (χ1v) is 4.47. The summed E-state index contributed by atoms with van der Waals surface area (Å²) < 4.78 is 0. The van der Waals surface area contributed by atoms with Gasteiger partial charge in [0.05, 0.1) is 12.8 Å². The molecule has 1 heterocycles. The fourth-order valence-corrected chi connectivity index (χ4v) is 1.84. The summed E-state index contributed by atoms with van der Waals surface area (Å²) in [5.74, 6) is 0. The van der Waals surface area contributed by atoms with Crippen molar-refractivity contribution in [1.29, 1.82) is 0 Å². The molecular weight excluding hydrogens is 170 g/mol. The first-order chi connectivity index (χ1) is 5.86. The highest BCUT2D eigenvalue weighted by Gasteiger charge is 2.09. The van der Waals surface area contributed by atoms with Gasteiger partial charge in [0.25, 0.3) is 0 Å². The number of carbonyl (C=O) groups is 1. The van der Waals surface area contributed by atoms with Crippen LogP contribution in [0.5, 0.6) is 0 Å². The Morgan fingerprint density at radius 3 is 3.08 bits per heavy atom. The molecule has 2 nitrogen and oxygen atoms in total. The highest BCUT2D eigenvalue weighted by atomic mass is 32.2. The monoisotopic (exact) mass is 177 g/mol. The lowest BCUT2D eigenvalue weighted by molar-refractivity contribution is -0.105. The molecule has 0 saturated carbocycles. The van der Waals surface area contributed by atoms with Gasteiger partial charge in [-0.15, -0.1) is 0 Å². The molecule has 0 aromatic heterocycles. The predicted molar refractivity (Wildman–Crippen MR) is 49.5 cm³/mol. The van der Waals surface area contributed by atoms with Gasteiger partial charge in [-0.25, -0.2) is 0 Å². The van der Waals surface area contributed by atoms with Crippen LogP contribution in [0.2, 0.25) is 0 Å². The molecule has 0 bridgehead atoms. The number of hydrogen-bond acceptors (Lipinski definition) is 3. The SMILES string of the molecule is O=C1C=NCc2ccccc2S1. The maximum absolute atomic E-state index is 11.1. The van der Waals surface area contributed by atoms with E-state index in [1.54, 1.807) is 0 Å². The lowest BCUT2D eigenvalue weighted by Gasteiger charge is -2.00. The van der Waals surface area contributed by atoms with Crippen LogP contribution < -0.4 is 0 Å². The van der Waals surface area contributed by atoms with Gasteiger partial charge in [0.1, 0.15) is 0 Å². The number of benzene rings is 1. The van der Waals surface area contributed by atoms with Crippen LogP contribution in [0, 0.1) is 0 Å². The summed E-state index contributed by atoms with van der Waals surface area (Å²) in [6.07, 6.45) is 1.39.